The molecular formula is C12H15FO. The van der Waals surface area contributed by atoms with E-state index in [1.165, 1.54) is 0 Å². The molecule has 2 heteroatoms. The quantitative estimate of drug-likeness (QED) is 0.728. The highest BCUT2D eigenvalue weighted by atomic mass is 19.1. The summed E-state index contributed by atoms with van der Waals surface area (Å²) in [5.74, 6) is -0.156. The molecule has 0 aromatic heterocycles. The smallest absolute Gasteiger partial charge is 0.129 e. The van der Waals surface area contributed by atoms with Crippen LogP contribution in [0.2, 0.25) is 0 Å². The van der Waals surface area contributed by atoms with Gasteiger partial charge in [0.2, 0.25) is 0 Å². The van der Waals surface area contributed by atoms with E-state index in [2.05, 4.69) is 0 Å². The molecule has 0 aliphatic heterocycles. The molecule has 0 amide bonds. The third-order valence-electron chi connectivity index (χ3n) is 3.15. The standard InChI is InChI=1S/C12H15FO/c1-8-6-10(7-9(2)11(8)13)12(14)4-3-5-12/h6-7,14H,3-5H2,1-2H3. The zero-order valence-corrected chi connectivity index (χ0v) is 8.60. The van der Waals surface area contributed by atoms with Crippen LogP contribution in [0.25, 0.3) is 0 Å². The van der Waals surface area contributed by atoms with E-state index in [0.29, 0.717) is 11.1 Å². The number of hydrogen-bond acceptors (Lipinski definition) is 1. The van der Waals surface area contributed by atoms with Crippen LogP contribution in [-0.4, -0.2) is 5.11 Å². The van der Waals surface area contributed by atoms with Crippen LogP contribution in [0.5, 0.6) is 0 Å². The average Bonchev–Trinajstić information content (AvgIpc) is 2.09. The Morgan fingerprint density at radius 2 is 1.71 bits per heavy atom. The van der Waals surface area contributed by atoms with Crippen LogP contribution in [0.1, 0.15) is 36.0 Å². The molecule has 1 aromatic rings. The summed E-state index contributed by atoms with van der Waals surface area (Å²) in [6.45, 7) is 3.49. The molecule has 1 aliphatic rings. The number of halogens is 1. The highest BCUT2D eigenvalue weighted by Crippen LogP contribution is 2.41. The first kappa shape index (κ1) is 9.66. The van der Waals surface area contributed by atoms with Crippen molar-refractivity contribution in [1.82, 2.24) is 0 Å². The lowest BCUT2D eigenvalue weighted by Gasteiger charge is -2.37. The van der Waals surface area contributed by atoms with Crippen LogP contribution >= 0.6 is 0 Å². The Labute approximate surface area is 83.6 Å². The van der Waals surface area contributed by atoms with E-state index in [1.807, 2.05) is 0 Å². The first-order valence-corrected chi connectivity index (χ1v) is 5.02. The maximum Gasteiger partial charge on any atom is 0.129 e. The first-order valence-electron chi connectivity index (χ1n) is 5.02. The number of aryl methyl sites for hydroxylation is 2. The van der Waals surface area contributed by atoms with Gasteiger partial charge in [0.15, 0.2) is 0 Å². The van der Waals surface area contributed by atoms with Gasteiger partial charge < -0.3 is 5.11 Å². The van der Waals surface area contributed by atoms with Crippen LogP contribution < -0.4 is 0 Å². The average molecular weight is 194 g/mol. The summed E-state index contributed by atoms with van der Waals surface area (Å²) in [4.78, 5) is 0. The van der Waals surface area contributed by atoms with E-state index < -0.39 is 5.60 Å². The molecule has 0 heterocycles. The van der Waals surface area contributed by atoms with Crippen molar-refractivity contribution in [1.29, 1.82) is 0 Å². The van der Waals surface area contributed by atoms with Crippen molar-refractivity contribution in [3.8, 4) is 0 Å². The SMILES string of the molecule is Cc1cc(C2(O)CCC2)cc(C)c1F. The third-order valence-corrected chi connectivity index (χ3v) is 3.15. The summed E-state index contributed by atoms with van der Waals surface area (Å²) in [6, 6.07) is 3.53. The van der Waals surface area contributed by atoms with Gasteiger partial charge in [-0.05, 0) is 49.8 Å². The van der Waals surface area contributed by atoms with Gasteiger partial charge in [-0.3, -0.25) is 0 Å². The van der Waals surface area contributed by atoms with Crippen molar-refractivity contribution in [2.45, 2.75) is 38.7 Å². The molecule has 0 saturated heterocycles. The summed E-state index contributed by atoms with van der Waals surface area (Å²) in [5, 5.41) is 10.1. The molecule has 0 atom stereocenters. The zero-order chi connectivity index (χ0) is 10.3. The fourth-order valence-corrected chi connectivity index (χ4v) is 2.01. The Morgan fingerprint density at radius 1 is 1.21 bits per heavy atom. The van der Waals surface area contributed by atoms with Crippen molar-refractivity contribution in [2.75, 3.05) is 0 Å². The van der Waals surface area contributed by atoms with E-state index in [4.69, 9.17) is 0 Å². The second-order valence-corrected chi connectivity index (χ2v) is 4.31. The lowest BCUT2D eigenvalue weighted by Crippen LogP contribution is -2.33. The Hall–Kier alpha value is -0.890. The van der Waals surface area contributed by atoms with Crippen molar-refractivity contribution in [2.24, 2.45) is 0 Å². The lowest BCUT2D eigenvalue weighted by atomic mass is 9.74. The molecule has 0 radical (unpaired) electrons. The number of rotatable bonds is 1. The number of hydrogen-bond donors (Lipinski definition) is 1. The van der Waals surface area contributed by atoms with E-state index in [-0.39, 0.29) is 5.82 Å². The third kappa shape index (κ3) is 1.34. The first-order chi connectivity index (χ1) is 6.53. The van der Waals surface area contributed by atoms with Gasteiger partial charge in [-0.2, -0.15) is 0 Å². The molecule has 76 valence electrons. The fourth-order valence-electron chi connectivity index (χ4n) is 2.01. The maximum atomic E-state index is 13.3. The van der Waals surface area contributed by atoms with Crippen LogP contribution in [-0.2, 0) is 5.60 Å². The summed E-state index contributed by atoms with van der Waals surface area (Å²) < 4.78 is 13.3. The molecule has 0 spiro atoms. The molecule has 0 unspecified atom stereocenters. The van der Waals surface area contributed by atoms with Gasteiger partial charge in [0.1, 0.15) is 5.82 Å². The second kappa shape index (κ2) is 3.06. The van der Waals surface area contributed by atoms with E-state index in [0.717, 1.165) is 24.8 Å². The topological polar surface area (TPSA) is 20.2 Å². The normalized spacial score (nSPS) is 19.1. The van der Waals surface area contributed by atoms with Gasteiger partial charge in [-0.15, -0.1) is 0 Å². The highest BCUT2D eigenvalue weighted by Gasteiger charge is 2.36. The van der Waals surface area contributed by atoms with Gasteiger partial charge in [0.25, 0.3) is 0 Å². The van der Waals surface area contributed by atoms with Gasteiger partial charge in [0.05, 0.1) is 5.60 Å². The van der Waals surface area contributed by atoms with Gasteiger partial charge in [-0.25, -0.2) is 4.39 Å². The van der Waals surface area contributed by atoms with Gasteiger partial charge >= 0.3 is 0 Å². The minimum Gasteiger partial charge on any atom is -0.385 e. The van der Waals surface area contributed by atoms with Crippen LogP contribution in [0.15, 0.2) is 12.1 Å². The summed E-state index contributed by atoms with van der Waals surface area (Å²) >= 11 is 0. The van der Waals surface area contributed by atoms with Crippen LogP contribution in [0.4, 0.5) is 4.39 Å². The molecule has 0 bridgehead atoms. The summed E-state index contributed by atoms with van der Waals surface area (Å²) in [5.41, 5.74) is 1.45. The Bertz CT molecular complexity index is 344. The molecule has 1 nitrogen and oxygen atoms in total. The minimum absolute atomic E-state index is 0.156. The fraction of sp³-hybridized carbons (Fsp3) is 0.500. The van der Waals surface area contributed by atoms with Crippen LogP contribution in [0.3, 0.4) is 0 Å². The van der Waals surface area contributed by atoms with E-state index in [9.17, 15) is 9.50 Å². The molecule has 2 rings (SSSR count). The predicted octanol–water partition coefficient (Wildman–Crippen LogP) is 2.81. The highest BCUT2D eigenvalue weighted by molar-refractivity contribution is 5.34. The molecule has 1 N–H and O–H groups in total. The molecule has 1 saturated carbocycles. The number of aliphatic hydroxyl groups is 1. The molecular weight excluding hydrogens is 179 g/mol. The Morgan fingerprint density at radius 3 is 2.07 bits per heavy atom. The summed E-state index contributed by atoms with van der Waals surface area (Å²) in [7, 11) is 0. The second-order valence-electron chi connectivity index (χ2n) is 4.31. The monoisotopic (exact) mass is 194 g/mol. The van der Waals surface area contributed by atoms with E-state index >= 15 is 0 Å². The Balaban J connectivity index is 2.45. The Kier molecular flexibility index (Phi) is 2.11. The summed E-state index contributed by atoms with van der Waals surface area (Å²) in [6.07, 6.45) is 2.67. The largest absolute Gasteiger partial charge is 0.385 e. The predicted molar refractivity (Wildman–Crippen MR) is 53.6 cm³/mol. The van der Waals surface area contributed by atoms with Crippen molar-refractivity contribution >= 4 is 0 Å². The van der Waals surface area contributed by atoms with Crippen molar-refractivity contribution in [3.05, 3.63) is 34.6 Å². The minimum atomic E-state index is -0.677. The molecule has 1 aliphatic carbocycles. The molecule has 1 aromatic carbocycles. The van der Waals surface area contributed by atoms with Crippen LogP contribution in [0, 0.1) is 19.7 Å². The van der Waals surface area contributed by atoms with Gasteiger partial charge in [-0.1, -0.05) is 12.1 Å². The maximum absolute atomic E-state index is 13.3. The lowest BCUT2D eigenvalue weighted by molar-refractivity contribution is -0.0389. The number of benzene rings is 1. The molecule has 1 fully saturated rings. The van der Waals surface area contributed by atoms with Gasteiger partial charge in [0, 0.05) is 0 Å². The molecule has 14 heavy (non-hydrogen) atoms. The van der Waals surface area contributed by atoms with Crippen molar-refractivity contribution < 1.29 is 9.50 Å². The van der Waals surface area contributed by atoms with Crippen molar-refractivity contribution in [3.63, 3.8) is 0 Å². The van der Waals surface area contributed by atoms with E-state index in [1.54, 1.807) is 26.0 Å². The zero-order valence-electron chi connectivity index (χ0n) is 8.60.